The SMILES string of the molecule is O=C(O)[C@@H](Cc1cccc(Nc2ccc3c(c2)CCC3)c1)[C@H]1CCNC1. The molecule has 26 heavy (non-hydrogen) atoms. The lowest BCUT2D eigenvalue weighted by molar-refractivity contribution is -0.143. The summed E-state index contributed by atoms with van der Waals surface area (Å²) in [7, 11) is 0. The van der Waals surface area contributed by atoms with Crippen LogP contribution in [0.5, 0.6) is 0 Å². The van der Waals surface area contributed by atoms with Gasteiger partial charge in [-0.2, -0.15) is 0 Å². The van der Waals surface area contributed by atoms with Crippen LogP contribution in [0.25, 0.3) is 0 Å². The van der Waals surface area contributed by atoms with Gasteiger partial charge in [-0.3, -0.25) is 4.79 Å². The van der Waals surface area contributed by atoms with E-state index in [-0.39, 0.29) is 11.8 Å². The predicted molar refractivity (Wildman–Crippen MR) is 104 cm³/mol. The number of anilines is 2. The summed E-state index contributed by atoms with van der Waals surface area (Å²) in [5.74, 6) is -0.781. The minimum absolute atomic E-state index is 0.223. The third kappa shape index (κ3) is 3.75. The second-order valence-corrected chi connectivity index (χ2v) is 7.56. The molecule has 1 aliphatic carbocycles. The summed E-state index contributed by atoms with van der Waals surface area (Å²) < 4.78 is 0. The number of benzene rings is 2. The van der Waals surface area contributed by atoms with E-state index in [1.165, 1.54) is 30.4 Å². The van der Waals surface area contributed by atoms with Crippen LogP contribution in [0.3, 0.4) is 0 Å². The van der Waals surface area contributed by atoms with Gasteiger partial charge in [0.05, 0.1) is 5.92 Å². The molecule has 0 unspecified atom stereocenters. The van der Waals surface area contributed by atoms with Gasteiger partial charge in [0.2, 0.25) is 0 Å². The second-order valence-electron chi connectivity index (χ2n) is 7.56. The van der Waals surface area contributed by atoms with Crippen LogP contribution >= 0.6 is 0 Å². The number of hydrogen-bond donors (Lipinski definition) is 3. The third-order valence-electron chi connectivity index (χ3n) is 5.75. The Labute approximate surface area is 154 Å². The highest BCUT2D eigenvalue weighted by Crippen LogP contribution is 2.28. The van der Waals surface area contributed by atoms with Crippen molar-refractivity contribution in [2.24, 2.45) is 11.8 Å². The van der Waals surface area contributed by atoms with Crippen molar-refractivity contribution < 1.29 is 9.90 Å². The van der Waals surface area contributed by atoms with E-state index in [2.05, 4.69) is 34.9 Å². The molecule has 4 rings (SSSR count). The minimum atomic E-state index is -0.685. The molecule has 4 nitrogen and oxygen atoms in total. The molecule has 1 fully saturated rings. The first-order valence-electron chi connectivity index (χ1n) is 9.60. The Morgan fingerprint density at radius 2 is 2.00 bits per heavy atom. The molecule has 0 amide bonds. The van der Waals surface area contributed by atoms with Crippen LogP contribution in [0.1, 0.15) is 29.5 Å². The number of rotatable bonds is 6. The van der Waals surface area contributed by atoms with Gasteiger partial charge in [0.1, 0.15) is 0 Å². The zero-order valence-electron chi connectivity index (χ0n) is 15.0. The lowest BCUT2D eigenvalue weighted by Gasteiger charge is -2.19. The standard InChI is InChI=1S/C22H26N2O2/c25-22(26)21(18-9-10-23-14-18)12-15-3-1-6-19(11-15)24-20-8-7-16-4-2-5-17(16)13-20/h1,3,6-8,11,13,18,21,23-24H,2,4-5,9-10,12,14H2,(H,25,26)/t18-,21-/m0/s1. The average molecular weight is 350 g/mol. The Bertz CT molecular complexity index is 796. The van der Waals surface area contributed by atoms with Crippen molar-refractivity contribution in [2.75, 3.05) is 18.4 Å². The summed E-state index contributed by atoms with van der Waals surface area (Å²) in [4.78, 5) is 11.7. The molecule has 2 aliphatic rings. The van der Waals surface area contributed by atoms with Gasteiger partial charge in [0.15, 0.2) is 0 Å². The first-order valence-corrected chi connectivity index (χ1v) is 9.60. The lowest BCUT2D eigenvalue weighted by atomic mass is 9.86. The summed E-state index contributed by atoms with van der Waals surface area (Å²) in [6.07, 6.45) is 5.14. The number of carboxylic acid groups (broad SMARTS) is 1. The van der Waals surface area contributed by atoms with Gasteiger partial charge < -0.3 is 15.7 Å². The van der Waals surface area contributed by atoms with E-state index in [1.54, 1.807) is 0 Å². The fourth-order valence-corrected chi connectivity index (χ4v) is 4.32. The first-order chi connectivity index (χ1) is 12.7. The number of hydrogen-bond acceptors (Lipinski definition) is 3. The molecule has 3 N–H and O–H groups in total. The summed E-state index contributed by atoms with van der Waals surface area (Å²) in [6, 6.07) is 14.8. The number of fused-ring (bicyclic) bond motifs is 1. The molecule has 0 spiro atoms. The van der Waals surface area contributed by atoms with Gasteiger partial charge in [-0.25, -0.2) is 0 Å². The van der Waals surface area contributed by atoms with E-state index >= 15 is 0 Å². The van der Waals surface area contributed by atoms with Gasteiger partial charge >= 0.3 is 5.97 Å². The summed E-state index contributed by atoms with van der Waals surface area (Å²) in [5.41, 5.74) is 6.13. The molecule has 0 bridgehead atoms. The third-order valence-corrected chi connectivity index (χ3v) is 5.75. The first kappa shape index (κ1) is 17.1. The van der Waals surface area contributed by atoms with Gasteiger partial charge in [-0.15, -0.1) is 0 Å². The van der Waals surface area contributed by atoms with Crippen molar-refractivity contribution in [3.05, 3.63) is 59.2 Å². The predicted octanol–water partition coefficient (Wildman–Crippen LogP) is 3.77. The van der Waals surface area contributed by atoms with Crippen LogP contribution in [0.4, 0.5) is 11.4 Å². The van der Waals surface area contributed by atoms with E-state index < -0.39 is 5.97 Å². The molecule has 0 radical (unpaired) electrons. The monoisotopic (exact) mass is 350 g/mol. The largest absolute Gasteiger partial charge is 0.481 e. The molecule has 136 valence electrons. The van der Waals surface area contributed by atoms with Crippen molar-refractivity contribution in [3.8, 4) is 0 Å². The Hall–Kier alpha value is -2.33. The molecular weight excluding hydrogens is 324 g/mol. The number of carboxylic acids is 1. The molecule has 0 saturated carbocycles. The maximum atomic E-state index is 11.7. The fraction of sp³-hybridized carbons (Fsp3) is 0.409. The van der Waals surface area contributed by atoms with Crippen molar-refractivity contribution >= 4 is 17.3 Å². The number of carbonyl (C=O) groups is 1. The fourth-order valence-electron chi connectivity index (χ4n) is 4.32. The van der Waals surface area contributed by atoms with E-state index in [0.717, 1.165) is 36.4 Å². The summed E-state index contributed by atoms with van der Waals surface area (Å²) >= 11 is 0. The van der Waals surface area contributed by atoms with E-state index in [1.807, 2.05) is 18.2 Å². The highest BCUT2D eigenvalue weighted by molar-refractivity contribution is 5.71. The Kier molecular flexibility index (Phi) is 4.93. The molecule has 2 aromatic carbocycles. The van der Waals surface area contributed by atoms with Crippen molar-refractivity contribution in [3.63, 3.8) is 0 Å². The molecular formula is C22H26N2O2. The summed E-state index contributed by atoms with van der Waals surface area (Å²) in [5, 5.41) is 16.4. The van der Waals surface area contributed by atoms with E-state index in [0.29, 0.717) is 6.42 Å². The highest BCUT2D eigenvalue weighted by atomic mass is 16.4. The topological polar surface area (TPSA) is 61.4 Å². The van der Waals surface area contributed by atoms with Gasteiger partial charge in [0.25, 0.3) is 0 Å². The molecule has 1 heterocycles. The highest BCUT2D eigenvalue weighted by Gasteiger charge is 2.30. The van der Waals surface area contributed by atoms with Gasteiger partial charge in [0, 0.05) is 11.4 Å². The van der Waals surface area contributed by atoms with Crippen LogP contribution in [0.2, 0.25) is 0 Å². The molecule has 1 aliphatic heterocycles. The number of nitrogens with one attached hydrogen (secondary N) is 2. The molecule has 2 aromatic rings. The Morgan fingerprint density at radius 1 is 1.15 bits per heavy atom. The zero-order valence-corrected chi connectivity index (χ0v) is 15.0. The van der Waals surface area contributed by atoms with Crippen molar-refractivity contribution in [1.29, 1.82) is 0 Å². The van der Waals surface area contributed by atoms with Gasteiger partial charge in [-0.1, -0.05) is 18.2 Å². The van der Waals surface area contributed by atoms with Gasteiger partial charge in [-0.05, 0) is 92.1 Å². The average Bonchev–Trinajstić information content (AvgIpc) is 3.31. The maximum absolute atomic E-state index is 11.7. The minimum Gasteiger partial charge on any atom is -0.481 e. The molecule has 0 aromatic heterocycles. The maximum Gasteiger partial charge on any atom is 0.307 e. The van der Waals surface area contributed by atoms with Crippen LogP contribution in [0, 0.1) is 11.8 Å². The smallest absolute Gasteiger partial charge is 0.307 e. The van der Waals surface area contributed by atoms with Crippen LogP contribution in [-0.2, 0) is 24.1 Å². The van der Waals surface area contributed by atoms with E-state index in [4.69, 9.17) is 0 Å². The second kappa shape index (κ2) is 7.50. The lowest BCUT2D eigenvalue weighted by Crippen LogP contribution is -2.27. The number of aryl methyl sites for hydroxylation is 2. The van der Waals surface area contributed by atoms with E-state index in [9.17, 15) is 9.90 Å². The van der Waals surface area contributed by atoms with Crippen LogP contribution in [-0.4, -0.2) is 24.2 Å². The van der Waals surface area contributed by atoms with Crippen molar-refractivity contribution in [2.45, 2.75) is 32.1 Å². The molecule has 2 atom stereocenters. The number of aliphatic carboxylic acids is 1. The van der Waals surface area contributed by atoms with Crippen LogP contribution in [0.15, 0.2) is 42.5 Å². The van der Waals surface area contributed by atoms with Crippen molar-refractivity contribution in [1.82, 2.24) is 5.32 Å². The molecule has 4 heteroatoms. The van der Waals surface area contributed by atoms with Crippen LogP contribution < -0.4 is 10.6 Å². The quantitative estimate of drug-likeness (QED) is 0.742. The molecule has 1 saturated heterocycles. The zero-order chi connectivity index (χ0) is 17.9. The summed E-state index contributed by atoms with van der Waals surface area (Å²) in [6.45, 7) is 1.73. The Balaban J connectivity index is 1.48. The Morgan fingerprint density at radius 3 is 2.81 bits per heavy atom. The normalized spacial score (nSPS) is 19.9.